The number of hydrogen-bond acceptors (Lipinski definition) is 4. The van der Waals surface area contributed by atoms with Crippen LogP contribution in [0, 0.1) is 6.92 Å². The molecule has 2 unspecified atom stereocenters. The molecule has 0 spiro atoms. The molecular formula is C13H18N4S. The predicted molar refractivity (Wildman–Crippen MR) is 76.3 cm³/mol. The van der Waals surface area contributed by atoms with Crippen molar-refractivity contribution in [2.45, 2.75) is 37.5 Å². The maximum atomic E-state index is 4.50. The number of fused-ring (bicyclic) bond motifs is 1. The highest BCUT2D eigenvalue weighted by molar-refractivity contribution is 7.99. The molecule has 2 aromatic heterocycles. The summed E-state index contributed by atoms with van der Waals surface area (Å²) in [5.74, 6) is 0.757. The summed E-state index contributed by atoms with van der Waals surface area (Å²) in [6.45, 7) is 2.06. The van der Waals surface area contributed by atoms with Gasteiger partial charge in [0.25, 0.3) is 0 Å². The fourth-order valence-electron chi connectivity index (χ4n) is 2.51. The molecule has 0 saturated heterocycles. The lowest BCUT2D eigenvalue weighted by Crippen LogP contribution is -2.16. The number of thioether (sulfide) groups is 1. The number of aromatic nitrogens is 3. The second-order valence-electron chi connectivity index (χ2n) is 4.96. The highest BCUT2D eigenvalue weighted by Crippen LogP contribution is 2.29. The van der Waals surface area contributed by atoms with E-state index in [-0.39, 0.29) is 0 Å². The van der Waals surface area contributed by atoms with Gasteiger partial charge < -0.3 is 5.32 Å². The predicted octanol–water partition coefficient (Wildman–Crippen LogP) is 2.73. The Labute approximate surface area is 111 Å². The quantitative estimate of drug-likeness (QED) is 0.923. The van der Waals surface area contributed by atoms with Crippen LogP contribution in [0.15, 0.2) is 18.3 Å². The fraction of sp³-hybridized carbons (Fsp3) is 0.538. The molecule has 2 aromatic rings. The van der Waals surface area contributed by atoms with Crippen molar-refractivity contribution in [1.29, 1.82) is 0 Å². The van der Waals surface area contributed by atoms with Crippen LogP contribution in [-0.4, -0.2) is 32.1 Å². The van der Waals surface area contributed by atoms with Crippen LogP contribution in [0.3, 0.4) is 0 Å². The van der Waals surface area contributed by atoms with E-state index in [0.717, 1.165) is 16.8 Å². The molecule has 0 amide bonds. The van der Waals surface area contributed by atoms with Crippen molar-refractivity contribution < 1.29 is 0 Å². The minimum atomic E-state index is 0.529. The first-order valence-corrected chi connectivity index (χ1v) is 7.66. The summed E-state index contributed by atoms with van der Waals surface area (Å²) in [6, 6.07) is 4.60. The number of nitrogens with zero attached hydrogens (tertiary/aromatic N) is 3. The van der Waals surface area contributed by atoms with Gasteiger partial charge in [0.15, 0.2) is 5.65 Å². The first kappa shape index (κ1) is 11.8. The molecule has 1 aliphatic rings. The van der Waals surface area contributed by atoms with Gasteiger partial charge >= 0.3 is 0 Å². The number of aryl methyl sites for hydroxylation is 1. The number of hydrogen-bond donors (Lipinski definition) is 1. The van der Waals surface area contributed by atoms with Gasteiger partial charge in [-0.3, -0.25) is 0 Å². The molecule has 5 heteroatoms. The molecule has 0 aliphatic heterocycles. The molecule has 1 fully saturated rings. The van der Waals surface area contributed by atoms with Crippen molar-refractivity contribution in [1.82, 2.24) is 14.6 Å². The molecule has 96 valence electrons. The van der Waals surface area contributed by atoms with Gasteiger partial charge in [0.1, 0.15) is 0 Å². The average Bonchev–Trinajstić information content (AvgIpc) is 2.95. The van der Waals surface area contributed by atoms with E-state index in [9.17, 15) is 0 Å². The topological polar surface area (TPSA) is 42.2 Å². The maximum Gasteiger partial charge on any atom is 0.243 e. The van der Waals surface area contributed by atoms with Gasteiger partial charge in [-0.25, -0.2) is 4.52 Å². The lowest BCUT2D eigenvalue weighted by atomic mass is 10.2. The zero-order chi connectivity index (χ0) is 12.5. The summed E-state index contributed by atoms with van der Waals surface area (Å²) in [4.78, 5) is 4.50. The van der Waals surface area contributed by atoms with E-state index in [0.29, 0.717) is 6.04 Å². The molecule has 0 bridgehead atoms. The van der Waals surface area contributed by atoms with E-state index in [1.807, 2.05) is 28.5 Å². The first-order valence-electron chi connectivity index (χ1n) is 6.37. The van der Waals surface area contributed by atoms with E-state index in [2.05, 4.69) is 34.6 Å². The molecule has 0 radical (unpaired) electrons. The second kappa shape index (κ2) is 4.80. The maximum absolute atomic E-state index is 4.50. The van der Waals surface area contributed by atoms with E-state index in [1.165, 1.54) is 24.8 Å². The zero-order valence-electron chi connectivity index (χ0n) is 10.8. The molecular weight excluding hydrogens is 244 g/mol. The van der Waals surface area contributed by atoms with Crippen molar-refractivity contribution in [3.05, 3.63) is 23.9 Å². The van der Waals surface area contributed by atoms with Crippen LogP contribution in [0.1, 0.15) is 24.8 Å². The summed E-state index contributed by atoms with van der Waals surface area (Å²) in [5.41, 5.74) is 2.10. The monoisotopic (exact) mass is 262 g/mol. The molecule has 1 N–H and O–H groups in total. The SMILES string of the molecule is CSC1CCC(Nc2nc3ccc(C)cn3n2)C1. The standard InChI is InChI=1S/C13H18N4S/c1-9-3-6-12-15-13(16-17(12)8-9)14-10-4-5-11(7-10)18-2/h3,6,8,10-11H,4-5,7H2,1-2H3,(H,14,16). The largest absolute Gasteiger partial charge is 0.350 e. The number of nitrogens with one attached hydrogen (secondary N) is 1. The van der Waals surface area contributed by atoms with Crippen molar-refractivity contribution in [2.24, 2.45) is 0 Å². The lowest BCUT2D eigenvalue weighted by Gasteiger charge is -2.10. The fourth-order valence-corrected chi connectivity index (χ4v) is 3.31. The van der Waals surface area contributed by atoms with Gasteiger partial charge in [-0.1, -0.05) is 6.07 Å². The minimum Gasteiger partial charge on any atom is -0.350 e. The van der Waals surface area contributed by atoms with Crippen molar-refractivity contribution in [2.75, 3.05) is 11.6 Å². The molecule has 0 aromatic carbocycles. The molecule has 1 saturated carbocycles. The van der Waals surface area contributed by atoms with Gasteiger partial charge in [0.2, 0.25) is 5.95 Å². The van der Waals surface area contributed by atoms with Gasteiger partial charge in [-0.2, -0.15) is 16.7 Å². The second-order valence-corrected chi connectivity index (χ2v) is 6.09. The Balaban J connectivity index is 1.75. The van der Waals surface area contributed by atoms with Crippen molar-refractivity contribution in [3.63, 3.8) is 0 Å². The van der Waals surface area contributed by atoms with Crippen LogP contribution >= 0.6 is 11.8 Å². The van der Waals surface area contributed by atoms with Crippen molar-refractivity contribution in [3.8, 4) is 0 Å². The molecule has 18 heavy (non-hydrogen) atoms. The third kappa shape index (κ3) is 2.32. The van der Waals surface area contributed by atoms with E-state index >= 15 is 0 Å². The van der Waals surface area contributed by atoms with Gasteiger partial charge in [-0.15, -0.1) is 5.10 Å². The molecule has 3 rings (SSSR count). The highest BCUT2D eigenvalue weighted by atomic mass is 32.2. The third-order valence-corrected chi connectivity index (χ3v) is 4.62. The minimum absolute atomic E-state index is 0.529. The number of anilines is 1. The Morgan fingerprint density at radius 3 is 3.06 bits per heavy atom. The zero-order valence-corrected chi connectivity index (χ0v) is 11.6. The summed E-state index contributed by atoms with van der Waals surface area (Å²) < 4.78 is 1.85. The Morgan fingerprint density at radius 1 is 1.39 bits per heavy atom. The van der Waals surface area contributed by atoms with Crippen molar-refractivity contribution >= 4 is 23.4 Å². The van der Waals surface area contributed by atoms with E-state index < -0.39 is 0 Å². The highest BCUT2D eigenvalue weighted by Gasteiger charge is 2.24. The van der Waals surface area contributed by atoms with E-state index in [1.54, 1.807) is 0 Å². The number of rotatable bonds is 3. The van der Waals surface area contributed by atoms with Gasteiger partial charge in [0.05, 0.1) is 0 Å². The Bertz CT molecular complexity index is 551. The Kier molecular flexibility index (Phi) is 3.16. The Morgan fingerprint density at radius 2 is 2.28 bits per heavy atom. The molecule has 2 atom stereocenters. The van der Waals surface area contributed by atoms with Crippen LogP contribution < -0.4 is 5.32 Å². The van der Waals surface area contributed by atoms with Crippen LogP contribution in [0.4, 0.5) is 5.95 Å². The van der Waals surface area contributed by atoms with Crippen LogP contribution in [-0.2, 0) is 0 Å². The summed E-state index contributed by atoms with van der Waals surface area (Å²) in [5, 5.41) is 8.73. The van der Waals surface area contributed by atoms with Crippen LogP contribution in [0.5, 0.6) is 0 Å². The number of pyridine rings is 1. The molecule has 4 nitrogen and oxygen atoms in total. The van der Waals surface area contributed by atoms with Gasteiger partial charge in [-0.05, 0) is 44.1 Å². The first-order chi connectivity index (χ1) is 8.74. The normalized spacial score (nSPS) is 23.7. The summed E-state index contributed by atoms with van der Waals surface area (Å²) >= 11 is 1.97. The summed E-state index contributed by atoms with van der Waals surface area (Å²) in [7, 11) is 0. The summed E-state index contributed by atoms with van der Waals surface area (Å²) in [6.07, 6.45) is 7.94. The van der Waals surface area contributed by atoms with Crippen LogP contribution in [0.25, 0.3) is 5.65 Å². The Hall–Kier alpha value is -1.23. The van der Waals surface area contributed by atoms with Crippen LogP contribution in [0.2, 0.25) is 0 Å². The van der Waals surface area contributed by atoms with E-state index in [4.69, 9.17) is 0 Å². The van der Waals surface area contributed by atoms with Gasteiger partial charge in [0, 0.05) is 17.5 Å². The lowest BCUT2D eigenvalue weighted by molar-refractivity contribution is 0.744. The average molecular weight is 262 g/mol. The third-order valence-electron chi connectivity index (χ3n) is 3.53. The smallest absolute Gasteiger partial charge is 0.243 e. The molecule has 1 aliphatic carbocycles. The molecule has 2 heterocycles.